The molecule has 136 valence electrons. The van der Waals surface area contributed by atoms with Gasteiger partial charge in [0, 0.05) is 36.6 Å². The minimum absolute atomic E-state index is 0.0510. The van der Waals surface area contributed by atoms with Crippen molar-refractivity contribution in [3.8, 4) is 11.4 Å². The Morgan fingerprint density at radius 1 is 1.35 bits per heavy atom. The first-order chi connectivity index (χ1) is 12.6. The van der Waals surface area contributed by atoms with Crippen molar-refractivity contribution in [1.82, 2.24) is 24.8 Å². The number of piperidine rings is 1. The van der Waals surface area contributed by atoms with Gasteiger partial charge < -0.3 is 14.8 Å². The third-order valence-electron chi connectivity index (χ3n) is 5.29. The Hall–Kier alpha value is -2.54. The molecule has 26 heavy (non-hydrogen) atoms. The summed E-state index contributed by atoms with van der Waals surface area (Å²) in [5, 5.41) is 0. The largest absolute Gasteiger partial charge is 0.336 e. The van der Waals surface area contributed by atoms with E-state index < -0.39 is 0 Å². The topological polar surface area (TPSA) is 82.2 Å². The Balaban J connectivity index is 1.58. The number of likely N-dealkylation sites (tertiary alicyclic amines) is 1. The van der Waals surface area contributed by atoms with Crippen LogP contribution in [0.1, 0.15) is 24.1 Å². The maximum Gasteiger partial charge on any atom is 0.254 e. The number of nitrogens with one attached hydrogen (secondary N) is 1. The molecular formula is C19H23N5O2. The molecule has 1 fully saturated rings. The standard InChI is InChI=1S/C19H23N5O2/c1-23-8-3-5-14(11-23)19(26)24-9-6-15-16(12-24)21-17(22-18(15)25)13-4-2-7-20-10-13/h2,4,7,10,14H,3,5-6,8-9,11-12H2,1H3,(H,21,22,25)/t14-/m1/s1. The lowest BCUT2D eigenvalue weighted by atomic mass is 9.95. The first-order valence-corrected chi connectivity index (χ1v) is 9.11. The average Bonchev–Trinajstić information content (AvgIpc) is 2.67. The van der Waals surface area contributed by atoms with Gasteiger partial charge in [-0.1, -0.05) is 0 Å². The summed E-state index contributed by atoms with van der Waals surface area (Å²) in [6, 6.07) is 3.67. The summed E-state index contributed by atoms with van der Waals surface area (Å²) in [4.78, 5) is 41.0. The van der Waals surface area contributed by atoms with Crippen molar-refractivity contribution >= 4 is 5.91 Å². The number of aromatic nitrogens is 3. The fourth-order valence-corrected chi connectivity index (χ4v) is 3.89. The maximum absolute atomic E-state index is 12.9. The Morgan fingerprint density at radius 2 is 2.23 bits per heavy atom. The summed E-state index contributed by atoms with van der Waals surface area (Å²) in [5.74, 6) is 0.746. The zero-order chi connectivity index (χ0) is 18.1. The molecule has 2 aromatic heterocycles. The zero-order valence-electron chi connectivity index (χ0n) is 14.9. The molecule has 2 aromatic rings. The van der Waals surface area contributed by atoms with Crippen LogP contribution in [0.25, 0.3) is 11.4 Å². The summed E-state index contributed by atoms with van der Waals surface area (Å²) in [7, 11) is 2.06. The van der Waals surface area contributed by atoms with E-state index in [1.54, 1.807) is 12.4 Å². The van der Waals surface area contributed by atoms with Gasteiger partial charge in [0.1, 0.15) is 5.82 Å². The van der Waals surface area contributed by atoms with Crippen LogP contribution in [0.3, 0.4) is 0 Å². The van der Waals surface area contributed by atoms with Crippen LogP contribution in [0.15, 0.2) is 29.3 Å². The van der Waals surface area contributed by atoms with E-state index in [2.05, 4.69) is 26.9 Å². The van der Waals surface area contributed by atoms with Crippen molar-refractivity contribution in [1.29, 1.82) is 0 Å². The number of rotatable bonds is 2. The van der Waals surface area contributed by atoms with Gasteiger partial charge in [0.2, 0.25) is 5.91 Å². The van der Waals surface area contributed by atoms with Crippen molar-refractivity contribution in [3.63, 3.8) is 0 Å². The van der Waals surface area contributed by atoms with Crippen LogP contribution in [-0.2, 0) is 17.8 Å². The highest BCUT2D eigenvalue weighted by atomic mass is 16.2. The zero-order valence-corrected chi connectivity index (χ0v) is 14.9. The van der Waals surface area contributed by atoms with E-state index in [1.807, 2.05) is 17.0 Å². The van der Waals surface area contributed by atoms with Crippen LogP contribution >= 0.6 is 0 Å². The van der Waals surface area contributed by atoms with Gasteiger partial charge in [0.25, 0.3) is 5.56 Å². The lowest BCUT2D eigenvalue weighted by molar-refractivity contribution is -0.138. The minimum Gasteiger partial charge on any atom is -0.336 e. The van der Waals surface area contributed by atoms with Gasteiger partial charge in [-0.25, -0.2) is 4.98 Å². The lowest BCUT2D eigenvalue weighted by Gasteiger charge is -2.35. The third kappa shape index (κ3) is 3.26. The summed E-state index contributed by atoms with van der Waals surface area (Å²) in [6.45, 7) is 2.86. The number of fused-ring (bicyclic) bond motifs is 1. The van der Waals surface area contributed by atoms with Crippen molar-refractivity contribution in [2.75, 3.05) is 26.7 Å². The molecule has 4 rings (SSSR count). The number of pyridine rings is 1. The van der Waals surface area contributed by atoms with Gasteiger partial charge in [-0.3, -0.25) is 14.6 Å². The van der Waals surface area contributed by atoms with Crippen LogP contribution in [0, 0.1) is 5.92 Å². The van der Waals surface area contributed by atoms with Crippen LogP contribution < -0.4 is 5.56 Å². The molecule has 0 unspecified atom stereocenters. The number of nitrogens with zero attached hydrogens (tertiary/aromatic N) is 4. The van der Waals surface area contributed by atoms with Crippen molar-refractivity contribution in [3.05, 3.63) is 46.1 Å². The van der Waals surface area contributed by atoms with Gasteiger partial charge >= 0.3 is 0 Å². The van der Waals surface area contributed by atoms with Gasteiger partial charge in [-0.2, -0.15) is 0 Å². The number of hydrogen-bond acceptors (Lipinski definition) is 5. The van der Waals surface area contributed by atoms with Crippen molar-refractivity contribution < 1.29 is 4.79 Å². The summed E-state index contributed by atoms with van der Waals surface area (Å²) in [6.07, 6.45) is 5.91. The van der Waals surface area contributed by atoms with E-state index in [9.17, 15) is 9.59 Å². The van der Waals surface area contributed by atoms with E-state index in [0.717, 1.165) is 31.5 Å². The van der Waals surface area contributed by atoms with Gasteiger partial charge in [-0.15, -0.1) is 0 Å². The molecule has 1 atom stereocenters. The second kappa shape index (κ2) is 6.99. The predicted octanol–water partition coefficient (Wildman–Crippen LogP) is 1.06. The van der Waals surface area contributed by atoms with Crippen molar-refractivity contribution in [2.24, 2.45) is 5.92 Å². The van der Waals surface area contributed by atoms with Crippen LogP contribution in [0.2, 0.25) is 0 Å². The number of aromatic amines is 1. The second-order valence-corrected chi connectivity index (χ2v) is 7.19. The molecular weight excluding hydrogens is 330 g/mol. The molecule has 0 saturated carbocycles. The molecule has 7 nitrogen and oxygen atoms in total. The first kappa shape index (κ1) is 16.9. The lowest BCUT2D eigenvalue weighted by Crippen LogP contribution is -2.46. The molecule has 4 heterocycles. The molecule has 0 bridgehead atoms. The number of carbonyl (C=O) groups is 1. The normalized spacial score (nSPS) is 20.7. The molecule has 0 aliphatic carbocycles. The SMILES string of the molecule is CN1CCC[C@@H](C(=O)N2CCc3c(nc(-c4cccnc4)[nH]c3=O)C2)C1. The molecule has 1 saturated heterocycles. The smallest absolute Gasteiger partial charge is 0.254 e. The highest BCUT2D eigenvalue weighted by Gasteiger charge is 2.31. The fraction of sp³-hybridized carbons (Fsp3) is 0.474. The maximum atomic E-state index is 12.9. The number of amides is 1. The molecule has 2 aliphatic rings. The van der Waals surface area contributed by atoms with E-state index in [0.29, 0.717) is 36.6 Å². The van der Waals surface area contributed by atoms with E-state index in [4.69, 9.17) is 0 Å². The number of H-pyrrole nitrogens is 1. The molecule has 2 aliphatic heterocycles. The molecule has 0 radical (unpaired) electrons. The fourth-order valence-electron chi connectivity index (χ4n) is 3.89. The monoisotopic (exact) mass is 353 g/mol. The quantitative estimate of drug-likeness (QED) is 0.873. The Morgan fingerprint density at radius 3 is 3.00 bits per heavy atom. The van der Waals surface area contributed by atoms with Gasteiger partial charge in [0.15, 0.2) is 0 Å². The predicted molar refractivity (Wildman–Crippen MR) is 97.4 cm³/mol. The molecule has 7 heteroatoms. The summed E-state index contributed by atoms with van der Waals surface area (Å²) < 4.78 is 0. The van der Waals surface area contributed by atoms with Crippen LogP contribution in [-0.4, -0.2) is 57.3 Å². The second-order valence-electron chi connectivity index (χ2n) is 7.19. The molecule has 0 aromatic carbocycles. The highest BCUT2D eigenvalue weighted by molar-refractivity contribution is 5.79. The van der Waals surface area contributed by atoms with Crippen LogP contribution in [0.5, 0.6) is 0 Å². The third-order valence-corrected chi connectivity index (χ3v) is 5.29. The number of hydrogen-bond donors (Lipinski definition) is 1. The Labute approximate surface area is 152 Å². The Bertz CT molecular complexity index is 864. The average molecular weight is 353 g/mol. The Kier molecular flexibility index (Phi) is 4.55. The van der Waals surface area contributed by atoms with Crippen LogP contribution in [0.4, 0.5) is 0 Å². The molecule has 1 N–H and O–H groups in total. The first-order valence-electron chi connectivity index (χ1n) is 9.11. The summed E-state index contributed by atoms with van der Waals surface area (Å²) in [5.41, 5.74) is 2.06. The number of carbonyl (C=O) groups excluding carboxylic acids is 1. The highest BCUT2D eigenvalue weighted by Crippen LogP contribution is 2.23. The van der Waals surface area contributed by atoms with Crippen molar-refractivity contribution in [2.45, 2.75) is 25.8 Å². The van der Waals surface area contributed by atoms with E-state index in [1.165, 1.54) is 0 Å². The van der Waals surface area contributed by atoms with Gasteiger partial charge in [0.05, 0.1) is 18.2 Å². The summed E-state index contributed by atoms with van der Waals surface area (Å²) >= 11 is 0. The van der Waals surface area contributed by atoms with E-state index >= 15 is 0 Å². The molecule has 0 spiro atoms. The molecule has 1 amide bonds. The van der Waals surface area contributed by atoms with E-state index in [-0.39, 0.29) is 17.4 Å². The van der Waals surface area contributed by atoms with Gasteiger partial charge in [-0.05, 0) is 45.0 Å². The minimum atomic E-state index is -0.113.